The number of hydrogen-bond donors (Lipinski definition) is 2. The van der Waals surface area contributed by atoms with E-state index in [1.165, 1.54) is 6.92 Å². The van der Waals surface area contributed by atoms with Crippen molar-refractivity contribution in [3.8, 4) is 0 Å². The molecule has 0 spiro atoms. The first-order valence-electron chi connectivity index (χ1n) is 4.84. The molecule has 0 heterocycles. The van der Waals surface area contributed by atoms with E-state index in [4.69, 9.17) is 0 Å². The average Bonchev–Trinajstić information content (AvgIpc) is 2.25. The molecule has 0 aliphatic carbocycles. The van der Waals surface area contributed by atoms with E-state index in [9.17, 15) is 9.59 Å². The van der Waals surface area contributed by atoms with Crippen molar-refractivity contribution >= 4 is 27.7 Å². The molecule has 0 fully saturated rings. The van der Waals surface area contributed by atoms with Crippen molar-refractivity contribution in [3.63, 3.8) is 0 Å². The fourth-order valence-corrected chi connectivity index (χ4v) is 1.51. The summed E-state index contributed by atoms with van der Waals surface area (Å²) in [6, 6.07) is 7.28. The normalized spacial score (nSPS) is 9.62. The summed E-state index contributed by atoms with van der Waals surface area (Å²) in [6.07, 6.45) is 0. The third-order valence-electron chi connectivity index (χ3n) is 1.90. The number of hydrogen-bond acceptors (Lipinski definition) is 2. The van der Waals surface area contributed by atoms with E-state index in [2.05, 4.69) is 26.6 Å². The minimum Gasteiger partial charge on any atom is -0.334 e. The third kappa shape index (κ3) is 4.44. The molecule has 5 heteroatoms. The fourth-order valence-electron chi connectivity index (χ4n) is 1.08. The molecule has 16 heavy (non-hydrogen) atoms. The molecule has 86 valence electrons. The van der Waals surface area contributed by atoms with Crippen molar-refractivity contribution < 1.29 is 9.59 Å². The summed E-state index contributed by atoms with van der Waals surface area (Å²) >= 11 is 3.38. The van der Waals surface area contributed by atoms with Crippen LogP contribution in [0, 0.1) is 0 Å². The highest BCUT2D eigenvalue weighted by molar-refractivity contribution is 9.10. The van der Waals surface area contributed by atoms with Crippen LogP contribution in [0.2, 0.25) is 0 Å². The third-order valence-corrected chi connectivity index (χ3v) is 2.67. The first kappa shape index (κ1) is 12.7. The van der Waals surface area contributed by atoms with Crippen LogP contribution in [-0.4, -0.2) is 18.4 Å². The van der Waals surface area contributed by atoms with Crippen molar-refractivity contribution in [3.05, 3.63) is 34.3 Å². The molecule has 0 unspecified atom stereocenters. The first-order valence-corrected chi connectivity index (χ1v) is 5.63. The van der Waals surface area contributed by atoms with Crippen molar-refractivity contribution in [2.75, 3.05) is 6.54 Å². The van der Waals surface area contributed by atoms with Crippen molar-refractivity contribution in [2.45, 2.75) is 13.5 Å². The second kappa shape index (κ2) is 6.27. The van der Waals surface area contributed by atoms with Crippen LogP contribution >= 0.6 is 15.9 Å². The largest absolute Gasteiger partial charge is 0.334 e. The van der Waals surface area contributed by atoms with Gasteiger partial charge in [-0.15, -0.1) is 0 Å². The van der Waals surface area contributed by atoms with Gasteiger partial charge in [0.1, 0.15) is 5.78 Å². The van der Waals surface area contributed by atoms with Crippen LogP contribution in [-0.2, 0) is 11.3 Å². The predicted molar refractivity (Wildman–Crippen MR) is 65.1 cm³/mol. The molecular formula is C11H13BrN2O2. The van der Waals surface area contributed by atoms with Gasteiger partial charge < -0.3 is 10.6 Å². The SMILES string of the molecule is CC(=O)CNC(=O)NCc1ccccc1Br. The van der Waals surface area contributed by atoms with Gasteiger partial charge in [0.2, 0.25) is 0 Å². The van der Waals surface area contributed by atoms with Gasteiger partial charge in [-0.3, -0.25) is 4.79 Å². The first-order chi connectivity index (χ1) is 7.59. The van der Waals surface area contributed by atoms with E-state index < -0.39 is 0 Å². The lowest BCUT2D eigenvalue weighted by atomic mass is 10.2. The number of amides is 2. The van der Waals surface area contributed by atoms with Gasteiger partial charge in [-0.2, -0.15) is 0 Å². The molecular weight excluding hydrogens is 272 g/mol. The maximum absolute atomic E-state index is 11.2. The Labute approximate surface area is 103 Å². The fraction of sp³-hybridized carbons (Fsp3) is 0.273. The lowest BCUT2D eigenvalue weighted by Crippen LogP contribution is -2.37. The van der Waals surface area contributed by atoms with E-state index >= 15 is 0 Å². The van der Waals surface area contributed by atoms with Gasteiger partial charge in [0, 0.05) is 11.0 Å². The van der Waals surface area contributed by atoms with E-state index in [1.807, 2.05) is 24.3 Å². The topological polar surface area (TPSA) is 58.2 Å². The summed E-state index contributed by atoms with van der Waals surface area (Å²) in [7, 11) is 0. The molecule has 4 nitrogen and oxygen atoms in total. The summed E-state index contributed by atoms with van der Waals surface area (Å²) in [5, 5.41) is 5.12. The molecule has 0 radical (unpaired) electrons. The average molecular weight is 285 g/mol. The Hall–Kier alpha value is -1.36. The summed E-state index contributed by atoms with van der Waals surface area (Å²) < 4.78 is 0.946. The minimum absolute atomic E-state index is 0.0573. The molecule has 0 atom stereocenters. The molecule has 0 bridgehead atoms. The molecule has 1 aromatic rings. The standard InChI is InChI=1S/C11H13BrN2O2/c1-8(15)6-13-11(16)14-7-9-4-2-3-5-10(9)12/h2-5H,6-7H2,1H3,(H2,13,14,16). The van der Waals surface area contributed by atoms with Gasteiger partial charge >= 0.3 is 6.03 Å². The molecule has 0 aliphatic rings. The molecule has 2 amide bonds. The van der Waals surface area contributed by atoms with Crippen molar-refractivity contribution in [2.24, 2.45) is 0 Å². The number of ketones is 1. The molecule has 0 aliphatic heterocycles. The second-order valence-electron chi connectivity index (χ2n) is 3.33. The lowest BCUT2D eigenvalue weighted by Gasteiger charge is -2.07. The smallest absolute Gasteiger partial charge is 0.315 e. The molecule has 0 saturated carbocycles. The number of rotatable bonds is 4. The highest BCUT2D eigenvalue weighted by Gasteiger charge is 2.03. The van der Waals surface area contributed by atoms with Crippen LogP contribution in [0.5, 0.6) is 0 Å². The molecule has 0 aromatic heterocycles. The lowest BCUT2D eigenvalue weighted by molar-refractivity contribution is -0.116. The summed E-state index contributed by atoms with van der Waals surface area (Å²) in [6.45, 7) is 1.90. The van der Waals surface area contributed by atoms with Crippen LogP contribution in [0.1, 0.15) is 12.5 Å². The van der Waals surface area contributed by atoms with Gasteiger partial charge in [-0.05, 0) is 18.6 Å². The maximum atomic E-state index is 11.2. The quantitative estimate of drug-likeness (QED) is 0.886. The van der Waals surface area contributed by atoms with Crippen molar-refractivity contribution in [1.82, 2.24) is 10.6 Å². The maximum Gasteiger partial charge on any atom is 0.315 e. The summed E-state index contributed by atoms with van der Waals surface area (Å²) in [5.74, 6) is -0.0731. The zero-order valence-electron chi connectivity index (χ0n) is 8.92. The number of halogens is 1. The number of carbonyl (C=O) groups is 2. The Kier molecular flexibility index (Phi) is 4.98. The Morgan fingerprint density at radius 2 is 1.94 bits per heavy atom. The Balaban J connectivity index is 2.37. The Bertz CT molecular complexity index is 393. The van der Waals surface area contributed by atoms with Crippen molar-refractivity contribution in [1.29, 1.82) is 0 Å². The Morgan fingerprint density at radius 1 is 1.25 bits per heavy atom. The van der Waals surface area contributed by atoms with Gasteiger partial charge in [0.05, 0.1) is 6.54 Å². The second-order valence-corrected chi connectivity index (χ2v) is 4.18. The predicted octanol–water partition coefficient (Wildman–Crippen LogP) is 1.84. The number of carbonyl (C=O) groups excluding carboxylic acids is 2. The van der Waals surface area contributed by atoms with Crippen LogP contribution < -0.4 is 10.6 Å². The Morgan fingerprint density at radius 3 is 2.56 bits per heavy atom. The number of benzene rings is 1. The van der Waals surface area contributed by atoms with Crippen LogP contribution in [0.15, 0.2) is 28.7 Å². The monoisotopic (exact) mass is 284 g/mol. The molecule has 1 aromatic carbocycles. The zero-order valence-corrected chi connectivity index (χ0v) is 10.5. The number of nitrogens with one attached hydrogen (secondary N) is 2. The minimum atomic E-state index is -0.342. The highest BCUT2D eigenvalue weighted by atomic mass is 79.9. The summed E-state index contributed by atoms with van der Waals surface area (Å²) in [4.78, 5) is 21.9. The van der Waals surface area contributed by atoms with Gasteiger partial charge in [-0.1, -0.05) is 34.1 Å². The number of urea groups is 1. The zero-order chi connectivity index (χ0) is 12.0. The van der Waals surface area contributed by atoms with Gasteiger partial charge in [0.15, 0.2) is 0 Å². The van der Waals surface area contributed by atoms with E-state index in [0.29, 0.717) is 6.54 Å². The van der Waals surface area contributed by atoms with Crippen LogP contribution in [0.3, 0.4) is 0 Å². The molecule has 2 N–H and O–H groups in total. The van der Waals surface area contributed by atoms with Crippen LogP contribution in [0.25, 0.3) is 0 Å². The molecule has 0 saturated heterocycles. The summed E-state index contributed by atoms with van der Waals surface area (Å²) in [5.41, 5.74) is 0.987. The van der Waals surface area contributed by atoms with Crippen LogP contribution in [0.4, 0.5) is 4.79 Å². The van der Waals surface area contributed by atoms with Gasteiger partial charge in [-0.25, -0.2) is 4.79 Å². The highest BCUT2D eigenvalue weighted by Crippen LogP contribution is 2.14. The van der Waals surface area contributed by atoms with Gasteiger partial charge in [0.25, 0.3) is 0 Å². The van der Waals surface area contributed by atoms with E-state index in [1.54, 1.807) is 0 Å². The van der Waals surface area contributed by atoms with E-state index in [0.717, 1.165) is 10.0 Å². The van der Waals surface area contributed by atoms with E-state index in [-0.39, 0.29) is 18.4 Å². The number of Topliss-reactive ketones (excluding diaryl/α,β-unsaturated/α-hetero) is 1. The molecule has 1 rings (SSSR count).